The largest absolute Gasteiger partial charge is 0.334 e. The van der Waals surface area contributed by atoms with E-state index in [1.54, 1.807) is 11.9 Å². The van der Waals surface area contributed by atoms with Crippen LogP contribution in [-0.2, 0) is 17.9 Å². The monoisotopic (exact) mass is 351 g/mol. The highest BCUT2D eigenvalue weighted by atomic mass is 16.2. The van der Waals surface area contributed by atoms with Crippen molar-refractivity contribution in [3.63, 3.8) is 0 Å². The van der Waals surface area contributed by atoms with Crippen LogP contribution < -0.4 is 10.2 Å². The predicted octanol–water partition coefficient (Wildman–Crippen LogP) is 3.46. The number of anilines is 1. The van der Waals surface area contributed by atoms with Gasteiger partial charge in [0, 0.05) is 38.8 Å². The Morgan fingerprint density at radius 1 is 1.15 bits per heavy atom. The first kappa shape index (κ1) is 18.0. The van der Waals surface area contributed by atoms with Crippen LogP contribution in [-0.4, -0.2) is 30.4 Å². The maximum Gasteiger partial charge on any atom is 0.317 e. The van der Waals surface area contributed by atoms with Gasteiger partial charge in [0.1, 0.15) is 0 Å². The average molecular weight is 351 g/mol. The maximum atomic E-state index is 12.3. The third-order valence-corrected chi connectivity index (χ3v) is 4.78. The number of hydrogen-bond acceptors (Lipinski definition) is 2. The first-order chi connectivity index (χ1) is 12.5. The highest BCUT2D eigenvalue weighted by Gasteiger charge is 2.21. The molecule has 0 aromatic heterocycles. The average Bonchev–Trinajstić information content (AvgIpc) is 3.08. The Hall–Kier alpha value is -2.82. The van der Waals surface area contributed by atoms with Crippen LogP contribution in [0.2, 0.25) is 0 Å². The number of urea groups is 1. The lowest BCUT2D eigenvalue weighted by atomic mass is 10.1. The maximum absolute atomic E-state index is 12.3. The molecule has 2 aromatic rings. The molecule has 0 unspecified atom stereocenters. The minimum atomic E-state index is -0.105. The molecule has 1 fully saturated rings. The molecule has 0 bridgehead atoms. The molecule has 1 aliphatic heterocycles. The first-order valence-electron chi connectivity index (χ1n) is 8.97. The van der Waals surface area contributed by atoms with Gasteiger partial charge in [-0.1, -0.05) is 36.4 Å². The van der Waals surface area contributed by atoms with E-state index in [1.165, 1.54) is 5.56 Å². The van der Waals surface area contributed by atoms with Gasteiger partial charge in [-0.15, -0.1) is 0 Å². The molecule has 0 spiro atoms. The Bertz CT molecular complexity index is 786. The van der Waals surface area contributed by atoms with E-state index < -0.39 is 0 Å². The molecular weight excluding hydrogens is 326 g/mol. The second kappa shape index (κ2) is 8.04. The van der Waals surface area contributed by atoms with Crippen LogP contribution in [0, 0.1) is 6.92 Å². The number of nitrogens with one attached hydrogen (secondary N) is 1. The smallest absolute Gasteiger partial charge is 0.317 e. The van der Waals surface area contributed by atoms with E-state index in [1.807, 2.05) is 60.4 Å². The second-order valence-electron chi connectivity index (χ2n) is 6.76. The molecule has 0 atom stereocenters. The minimum absolute atomic E-state index is 0.105. The Balaban J connectivity index is 1.52. The Labute approximate surface area is 154 Å². The summed E-state index contributed by atoms with van der Waals surface area (Å²) in [5.41, 5.74) is 4.27. The van der Waals surface area contributed by atoms with E-state index >= 15 is 0 Å². The van der Waals surface area contributed by atoms with Gasteiger partial charge >= 0.3 is 6.03 Å². The van der Waals surface area contributed by atoms with Crippen molar-refractivity contribution in [2.24, 2.45) is 0 Å². The summed E-state index contributed by atoms with van der Waals surface area (Å²) in [5, 5.41) is 2.94. The molecular formula is C21H25N3O2. The highest BCUT2D eigenvalue weighted by Crippen LogP contribution is 2.21. The van der Waals surface area contributed by atoms with Gasteiger partial charge in [-0.25, -0.2) is 4.79 Å². The van der Waals surface area contributed by atoms with Crippen LogP contribution in [0.3, 0.4) is 0 Å². The van der Waals surface area contributed by atoms with Crippen molar-refractivity contribution in [3.8, 4) is 0 Å². The first-order valence-corrected chi connectivity index (χ1v) is 8.97. The van der Waals surface area contributed by atoms with Gasteiger partial charge in [-0.05, 0) is 42.2 Å². The molecule has 1 aliphatic rings. The lowest BCUT2D eigenvalue weighted by molar-refractivity contribution is -0.117. The number of carbonyl (C=O) groups is 2. The number of amides is 3. The van der Waals surface area contributed by atoms with E-state index in [2.05, 4.69) is 5.32 Å². The fourth-order valence-electron chi connectivity index (χ4n) is 3.14. The van der Waals surface area contributed by atoms with Crippen LogP contribution >= 0.6 is 0 Å². The van der Waals surface area contributed by atoms with Crippen molar-refractivity contribution in [2.45, 2.75) is 32.9 Å². The number of hydrogen-bond donors (Lipinski definition) is 1. The van der Waals surface area contributed by atoms with E-state index in [0.717, 1.165) is 29.8 Å². The standard InChI is InChI=1S/C21H25N3O2/c1-16-6-3-4-7-18(16)15-23(2)21(26)22-14-17-9-11-19(12-10-17)24-13-5-8-20(24)25/h3-4,6-7,9-12H,5,8,13-15H2,1-2H3,(H,22,26). The lowest BCUT2D eigenvalue weighted by Crippen LogP contribution is -2.36. The zero-order chi connectivity index (χ0) is 18.5. The minimum Gasteiger partial charge on any atom is -0.334 e. The van der Waals surface area contributed by atoms with Crippen molar-refractivity contribution in [3.05, 3.63) is 65.2 Å². The molecule has 1 heterocycles. The summed E-state index contributed by atoms with van der Waals surface area (Å²) in [6.45, 7) is 3.88. The second-order valence-corrected chi connectivity index (χ2v) is 6.76. The lowest BCUT2D eigenvalue weighted by Gasteiger charge is -2.19. The fraction of sp³-hybridized carbons (Fsp3) is 0.333. The van der Waals surface area contributed by atoms with Crippen LogP contribution in [0.25, 0.3) is 0 Å². The quantitative estimate of drug-likeness (QED) is 0.897. The number of aryl methyl sites for hydroxylation is 1. The summed E-state index contributed by atoms with van der Waals surface area (Å²) in [6.07, 6.45) is 1.55. The number of benzene rings is 2. The van der Waals surface area contributed by atoms with Crippen molar-refractivity contribution < 1.29 is 9.59 Å². The number of carbonyl (C=O) groups excluding carboxylic acids is 2. The van der Waals surface area contributed by atoms with Gasteiger partial charge in [0.15, 0.2) is 0 Å². The van der Waals surface area contributed by atoms with E-state index in [4.69, 9.17) is 0 Å². The van der Waals surface area contributed by atoms with Gasteiger partial charge in [-0.2, -0.15) is 0 Å². The van der Waals surface area contributed by atoms with Crippen molar-refractivity contribution >= 4 is 17.6 Å². The summed E-state index contributed by atoms with van der Waals surface area (Å²) < 4.78 is 0. The van der Waals surface area contributed by atoms with Gasteiger partial charge in [0.05, 0.1) is 0 Å². The third kappa shape index (κ3) is 4.23. The number of rotatable bonds is 5. The Morgan fingerprint density at radius 2 is 1.88 bits per heavy atom. The molecule has 0 aliphatic carbocycles. The molecule has 5 heteroatoms. The molecule has 1 saturated heterocycles. The number of nitrogens with zero attached hydrogens (tertiary/aromatic N) is 2. The van der Waals surface area contributed by atoms with Crippen LogP contribution in [0.1, 0.15) is 29.5 Å². The van der Waals surface area contributed by atoms with Crippen molar-refractivity contribution in [1.29, 1.82) is 0 Å². The fourth-order valence-corrected chi connectivity index (χ4v) is 3.14. The summed E-state index contributed by atoms with van der Waals surface area (Å²) >= 11 is 0. The third-order valence-electron chi connectivity index (χ3n) is 4.78. The molecule has 136 valence electrons. The summed E-state index contributed by atoms with van der Waals surface area (Å²) in [5.74, 6) is 0.184. The van der Waals surface area contributed by atoms with Gasteiger partial charge < -0.3 is 15.1 Å². The predicted molar refractivity (Wildman–Crippen MR) is 103 cm³/mol. The van der Waals surface area contributed by atoms with E-state index in [9.17, 15) is 9.59 Å². The van der Waals surface area contributed by atoms with E-state index in [0.29, 0.717) is 19.5 Å². The van der Waals surface area contributed by atoms with Gasteiger partial charge in [-0.3, -0.25) is 4.79 Å². The molecule has 1 N–H and O–H groups in total. The van der Waals surface area contributed by atoms with Crippen molar-refractivity contribution in [1.82, 2.24) is 10.2 Å². The summed E-state index contributed by atoms with van der Waals surface area (Å²) in [4.78, 5) is 27.6. The van der Waals surface area contributed by atoms with Crippen molar-refractivity contribution in [2.75, 3.05) is 18.5 Å². The molecule has 26 heavy (non-hydrogen) atoms. The Morgan fingerprint density at radius 3 is 2.54 bits per heavy atom. The summed E-state index contributed by atoms with van der Waals surface area (Å²) in [6, 6.07) is 15.8. The van der Waals surface area contributed by atoms with Crippen LogP contribution in [0.15, 0.2) is 48.5 Å². The zero-order valence-corrected chi connectivity index (χ0v) is 15.4. The normalized spacial score (nSPS) is 13.8. The molecule has 3 rings (SSSR count). The molecule has 3 amide bonds. The van der Waals surface area contributed by atoms with E-state index in [-0.39, 0.29) is 11.9 Å². The SMILES string of the molecule is Cc1ccccc1CN(C)C(=O)NCc1ccc(N2CCCC2=O)cc1. The van der Waals surface area contributed by atoms with Crippen LogP contribution in [0.5, 0.6) is 0 Å². The highest BCUT2D eigenvalue weighted by molar-refractivity contribution is 5.95. The molecule has 0 radical (unpaired) electrons. The van der Waals surface area contributed by atoms with Crippen LogP contribution in [0.4, 0.5) is 10.5 Å². The van der Waals surface area contributed by atoms with Gasteiger partial charge in [0.25, 0.3) is 0 Å². The molecule has 0 saturated carbocycles. The zero-order valence-electron chi connectivity index (χ0n) is 15.4. The topological polar surface area (TPSA) is 52.7 Å². The van der Waals surface area contributed by atoms with Gasteiger partial charge in [0.2, 0.25) is 5.91 Å². The Kier molecular flexibility index (Phi) is 5.56. The molecule has 5 nitrogen and oxygen atoms in total. The molecule has 2 aromatic carbocycles. The summed E-state index contributed by atoms with van der Waals surface area (Å²) in [7, 11) is 1.80.